The van der Waals surface area contributed by atoms with E-state index in [0.29, 0.717) is 12.8 Å². The van der Waals surface area contributed by atoms with Crippen molar-refractivity contribution in [1.29, 1.82) is 0 Å². The van der Waals surface area contributed by atoms with Crippen LogP contribution in [-0.4, -0.2) is 88.4 Å². The fourth-order valence-corrected chi connectivity index (χ4v) is 7.09. The number of carbonyl (C=O) groups is 3. The van der Waals surface area contributed by atoms with E-state index in [1.807, 2.05) is 0 Å². The van der Waals surface area contributed by atoms with Crippen LogP contribution >= 0.6 is 0 Å². The first-order chi connectivity index (χ1) is 28.2. The predicted octanol–water partition coefficient (Wildman–Crippen LogP) is 10.2. The predicted molar refractivity (Wildman–Crippen MR) is 229 cm³/mol. The van der Waals surface area contributed by atoms with Gasteiger partial charge in [0.15, 0.2) is 18.5 Å². The van der Waals surface area contributed by atoms with E-state index in [2.05, 4.69) is 38.2 Å². The van der Waals surface area contributed by atoms with Crippen LogP contribution in [0.5, 0.6) is 0 Å². The smallest absolute Gasteiger partial charge is 0.335 e. The van der Waals surface area contributed by atoms with Crippen LogP contribution in [-0.2, 0) is 33.3 Å². The summed E-state index contributed by atoms with van der Waals surface area (Å²) < 4.78 is 21.7. The van der Waals surface area contributed by atoms with Gasteiger partial charge in [0.2, 0.25) is 0 Å². The summed E-state index contributed by atoms with van der Waals surface area (Å²) >= 11 is 0. The lowest BCUT2D eigenvalue weighted by atomic mass is 9.99. The van der Waals surface area contributed by atoms with Gasteiger partial charge >= 0.3 is 17.9 Å². The molecule has 0 radical (unpaired) electrons. The molecule has 1 aliphatic rings. The van der Waals surface area contributed by atoms with Crippen molar-refractivity contribution in [3.63, 3.8) is 0 Å². The lowest BCUT2D eigenvalue weighted by Crippen LogP contribution is -2.60. The van der Waals surface area contributed by atoms with E-state index in [9.17, 15) is 34.8 Å². The summed E-state index contributed by atoms with van der Waals surface area (Å²) in [6, 6.07) is 0. The van der Waals surface area contributed by atoms with Crippen molar-refractivity contribution in [1.82, 2.24) is 0 Å². The second-order valence-electron chi connectivity index (χ2n) is 16.3. The van der Waals surface area contributed by atoms with Crippen LogP contribution in [0.25, 0.3) is 0 Å². The summed E-state index contributed by atoms with van der Waals surface area (Å²) in [5.41, 5.74) is 0. The van der Waals surface area contributed by atoms with Gasteiger partial charge in [-0.1, -0.05) is 173 Å². The van der Waals surface area contributed by atoms with Crippen LogP contribution in [0, 0.1) is 0 Å². The number of aliphatic hydroxyl groups excluding tert-OH is 3. The van der Waals surface area contributed by atoms with E-state index in [4.69, 9.17) is 18.9 Å². The van der Waals surface area contributed by atoms with Crippen LogP contribution in [0.1, 0.15) is 206 Å². The van der Waals surface area contributed by atoms with Gasteiger partial charge < -0.3 is 39.4 Å². The molecule has 1 rings (SSSR count). The highest BCUT2D eigenvalue weighted by Gasteiger charge is 2.47. The molecule has 6 unspecified atom stereocenters. The first-order valence-electron chi connectivity index (χ1n) is 23.4. The average molecular weight is 825 g/mol. The Kier molecular flexibility index (Phi) is 34.9. The Hall–Kier alpha value is -2.31. The Morgan fingerprint density at radius 2 is 0.966 bits per heavy atom. The number of carboxylic acid groups (broad SMARTS) is 1. The summed E-state index contributed by atoms with van der Waals surface area (Å²) in [6.45, 7) is 3.78. The van der Waals surface area contributed by atoms with E-state index in [-0.39, 0.29) is 26.1 Å². The molecule has 0 bridgehead atoms. The largest absolute Gasteiger partial charge is 0.479 e. The van der Waals surface area contributed by atoms with Crippen molar-refractivity contribution in [2.75, 3.05) is 13.2 Å². The molecule has 0 spiro atoms. The Morgan fingerprint density at radius 1 is 0.534 bits per heavy atom. The highest BCUT2D eigenvalue weighted by atomic mass is 16.7. The van der Waals surface area contributed by atoms with Crippen LogP contribution < -0.4 is 0 Å². The zero-order valence-electron chi connectivity index (χ0n) is 36.5. The van der Waals surface area contributed by atoms with Crippen LogP contribution in [0.4, 0.5) is 0 Å². The van der Waals surface area contributed by atoms with Crippen molar-refractivity contribution in [2.45, 2.75) is 243 Å². The van der Waals surface area contributed by atoms with E-state index < -0.39 is 54.7 Å². The minimum atomic E-state index is -1.86. The summed E-state index contributed by atoms with van der Waals surface area (Å²) in [6.07, 6.45) is 32.5. The van der Waals surface area contributed by atoms with Crippen LogP contribution in [0.2, 0.25) is 0 Å². The highest BCUT2D eigenvalue weighted by molar-refractivity contribution is 5.73. The molecule has 0 aromatic heterocycles. The van der Waals surface area contributed by atoms with Crippen molar-refractivity contribution in [3.8, 4) is 0 Å². The summed E-state index contributed by atoms with van der Waals surface area (Å²) in [4.78, 5) is 36.7. The maximum absolute atomic E-state index is 12.7. The topological polar surface area (TPSA) is 169 Å². The van der Waals surface area contributed by atoms with Crippen molar-refractivity contribution >= 4 is 17.9 Å². The molecule has 6 atom stereocenters. The number of carbonyl (C=O) groups excluding carboxylic acids is 2. The average Bonchev–Trinajstić information content (AvgIpc) is 3.21. The minimum absolute atomic E-state index is 0.185. The number of allylic oxidation sites excluding steroid dienone is 4. The maximum atomic E-state index is 12.7. The van der Waals surface area contributed by atoms with Gasteiger partial charge in [-0.3, -0.25) is 9.59 Å². The third kappa shape index (κ3) is 29.0. The fourth-order valence-electron chi connectivity index (χ4n) is 7.09. The Labute approximate surface area is 351 Å². The zero-order chi connectivity index (χ0) is 42.5. The molecule has 4 N–H and O–H groups in total. The number of carboxylic acids is 1. The summed E-state index contributed by atoms with van der Waals surface area (Å²) in [5, 5.41) is 39.7. The summed E-state index contributed by atoms with van der Waals surface area (Å²) in [5.74, 6) is -2.44. The maximum Gasteiger partial charge on any atom is 0.335 e. The van der Waals surface area contributed by atoms with Crippen LogP contribution in [0.15, 0.2) is 24.3 Å². The second kappa shape index (κ2) is 37.7. The molecule has 1 saturated heterocycles. The number of aliphatic carboxylic acids is 1. The molecule has 11 heteroatoms. The van der Waals surface area contributed by atoms with Gasteiger partial charge in [-0.05, 0) is 44.9 Å². The normalized spacial score (nSPS) is 20.2. The van der Waals surface area contributed by atoms with Gasteiger partial charge in [-0.25, -0.2) is 4.79 Å². The number of rotatable bonds is 39. The van der Waals surface area contributed by atoms with Gasteiger partial charge in [-0.2, -0.15) is 0 Å². The van der Waals surface area contributed by atoms with E-state index in [1.54, 1.807) is 0 Å². The highest BCUT2D eigenvalue weighted by Crippen LogP contribution is 2.23. The first-order valence-corrected chi connectivity index (χ1v) is 23.4. The van der Waals surface area contributed by atoms with Crippen molar-refractivity contribution in [2.24, 2.45) is 0 Å². The Balaban J connectivity index is 2.25. The third-order valence-corrected chi connectivity index (χ3v) is 10.8. The molecule has 58 heavy (non-hydrogen) atoms. The van der Waals surface area contributed by atoms with Gasteiger partial charge in [0.05, 0.1) is 6.61 Å². The molecular formula is C47H84O11. The zero-order valence-corrected chi connectivity index (χ0v) is 36.5. The van der Waals surface area contributed by atoms with Gasteiger partial charge in [-0.15, -0.1) is 0 Å². The van der Waals surface area contributed by atoms with Gasteiger partial charge in [0, 0.05) is 12.8 Å². The van der Waals surface area contributed by atoms with Gasteiger partial charge in [0.25, 0.3) is 0 Å². The SMILES string of the molecule is CCCCCCC/C=C\C/C=C\CCCCCCCCCCCCCC(=O)OCC(COC1OC(C(=O)O)C(O)C(O)C1O)OC(=O)CCCCCCCCCCC. The molecule has 1 aliphatic heterocycles. The standard InChI is InChI=1S/C47H84O11/c1-3-5-7-9-11-13-14-15-16-17-18-19-20-21-22-23-24-25-26-28-29-31-33-35-40(48)55-37-39(57-41(49)36-34-32-30-27-12-10-8-6-4-2)38-56-47-44(52)42(50)43(51)45(58-47)46(53)54/h14-15,17-18,39,42-45,47,50-52H,3-13,16,19-38H2,1-2H3,(H,53,54)/b15-14-,18-17-. The molecule has 338 valence electrons. The second-order valence-corrected chi connectivity index (χ2v) is 16.3. The quantitative estimate of drug-likeness (QED) is 0.0264. The van der Waals surface area contributed by atoms with E-state index in [0.717, 1.165) is 44.9 Å². The van der Waals surface area contributed by atoms with E-state index >= 15 is 0 Å². The number of aliphatic hydroxyl groups is 3. The summed E-state index contributed by atoms with van der Waals surface area (Å²) in [7, 11) is 0. The lowest BCUT2D eigenvalue weighted by molar-refractivity contribution is -0.298. The minimum Gasteiger partial charge on any atom is -0.479 e. The first kappa shape index (κ1) is 53.7. The Morgan fingerprint density at radius 3 is 1.43 bits per heavy atom. The van der Waals surface area contributed by atoms with Crippen molar-refractivity contribution in [3.05, 3.63) is 24.3 Å². The number of esters is 2. The molecule has 0 saturated carbocycles. The fraction of sp³-hybridized carbons (Fsp3) is 0.851. The number of hydrogen-bond donors (Lipinski definition) is 4. The van der Waals surface area contributed by atoms with Crippen LogP contribution in [0.3, 0.4) is 0 Å². The van der Waals surface area contributed by atoms with Crippen molar-refractivity contribution < 1.29 is 53.8 Å². The third-order valence-electron chi connectivity index (χ3n) is 10.8. The number of unbranched alkanes of at least 4 members (excludes halogenated alkanes) is 24. The van der Waals surface area contributed by atoms with Gasteiger partial charge in [0.1, 0.15) is 24.9 Å². The lowest BCUT2D eigenvalue weighted by Gasteiger charge is -2.38. The molecule has 11 nitrogen and oxygen atoms in total. The molecule has 1 heterocycles. The molecule has 0 amide bonds. The number of ether oxygens (including phenoxy) is 4. The Bertz CT molecular complexity index is 1060. The molecule has 0 aliphatic carbocycles. The monoisotopic (exact) mass is 825 g/mol. The molecular weight excluding hydrogens is 741 g/mol. The molecule has 0 aromatic carbocycles. The number of hydrogen-bond acceptors (Lipinski definition) is 10. The molecule has 0 aromatic rings. The van der Waals surface area contributed by atoms with E-state index in [1.165, 1.54) is 122 Å². The molecule has 1 fully saturated rings.